The van der Waals surface area contributed by atoms with Gasteiger partial charge in [0.2, 0.25) is 0 Å². The number of nitrogens with zero attached hydrogens (tertiary/aromatic N) is 1. The second-order valence-electron chi connectivity index (χ2n) is 5.05. The predicted molar refractivity (Wildman–Crippen MR) is 64.3 cm³/mol. The Morgan fingerprint density at radius 2 is 1.83 bits per heavy atom. The SMILES string of the molecule is O=C(NCC1(C(=O)O)CCOCC1)N1CCCC1. The van der Waals surface area contributed by atoms with E-state index in [1.165, 1.54) is 0 Å². The molecule has 2 heterocycles. The minimum Gasteiger partial charge on any atom is -0.481 e. The molecule has 102 valence electrons. The Labute approximate surface area is 106 Å². The molecule has 0 saturated carbocycles. The number of carbonyl (C=O) groups is 2. The van der Waals surface area contributed by atoms with Crippen LogP contribution in [0.1, 0.15) is 25.7 Å². The first kappa shape index (κ1) is 13.1. The Kier molecular flexibility index (Phi) is 4.06. The van der Waals surface area contributed by atoms with Crippen LogP contribution >= 0.6 is 0 Å². The summed E-state index contributed by atoms with van der Waals surface area (Å²) in [5, 5.41) is 12.1. The maximum atomic E-state index is 11.8. The van der Waals surface area contributed by atoms with Crippen molar-refractivity contribution >= 4 is 12.0 Å². The third-order valence-corrected chi connectivity index (χ3v) is 3.87. The van der Waals surface area contributed by atoms with Crippen molar-refractivity contribution in [3.8, 4) is 0 Å². The molecule has 0 bridgehead atoms. The highest BCUT2D eigenvalue weighted by molar-refractivity contribution is 5.78. The first-order chi connectivity index (χ1) is 8.64. The molecule has 0 spiro atoms. The van der Waals surface area contributed by atoms with Gasteiger partial charge >= 0.3 is 12.0 Å². The van der Waals surface area contributed by atoms with Gasteiger partial charge in [0.05, 0.1) is 5.41 Å². The molecule has 2 rings (SSSR count). The van der Waals surface area contributed by atoms with E-state index in [0.717, 1.165) is 25.9 Å². The fourth-order valence-corrected chi connectivity index (χ4v) is 2.51. The number of aliphatic carboxylic acids is 1. The van der Waals surface area contributed by atoms with Crippen LogP contribution in [0.2, 0.25) is 0 Å². The summed E-state index contributed by atoms with van der Waals surface area (Å²) in [5.74, 6) is -0.840. The van der Waals surface area contributed by atoms with Crippen LogP contribution in [0.5, 0.6) is 0 Å². The molecule has 2 aliphatic heterocycles. The lowest BCUT2D eigenvalue weighted by molar-refractivity contribution is -0.154. The van der Waals surface area contributed by atoms with Crippen molar-refractivity contribution in [3.63, 3.8) is 0 Å². The van der Waals surface area contributed by atoms with Crippen molar-refractivity contribution in [1.82, 2.24) is 10.2 Å². The molecule has 2 aliphatic rings. The number of hydrogen-bond donors (Lipinski definition) is 2. The molecule has 2 N–H and O–H groups in total. The van der Waals surface area contributed by atoms with Gasteiger partial charge in [-0.15, -0.1) is 0 Å². The summed E-state index contributed by atoms with van der Waals surface area (Å²) in [7, 11) is 0. The molecule has 0 radical (unpaired) electrons. The summed E-state index contributed by atoms with van der Waals surface area (Å²) >= 11 is 0. The summed E-state index contributed by atoms with van der Waals surface area (Å²) < 4.78 is 5.20. The molecule has 0 atom stereocenters. The van der Waals surface area contributed by atoms with Gasteiger partial charge in [-0.1, -0.05) is 0 Å². The zero-order chi connectivity index (χ0) is 13.0. The highest BCUT2D eigenvalue weighted by Crippen LogP contribution is 2.30. The standard InChI is InChI=1S/C12H20N2O4/c15-10(16)12(3-7-18-8-4-12)9-13-11(17)14-5-1-2-6-14/h1-9H2,(H,13,17)(H,15,16). The predicted octanol–water partition coefficient (Wildman–Crippen LogP) is 0.673. The molecule has 0 aromatic carbocycles. The number of ether oxygens (including phenoxy) is 1. The lowest BCUT2D eigenvalue weighted by Crippen LogP contribution is -2.49. The molecule has 0 unspecified atom stereocenters. The molecule has 0 aromatic rings. The van der Waals surface area contributed by atoms with Crippen LogP contribution in [0.4, 0.5) is 4.79 Å². The van der Waals surface area contributed by atoms with Crippen LogP contribution in [0.3, 0.4) is 0 Å². The largest absolute Gasteiger partial charge is 0.481 e. The van der Waals surface area contributed by atoms with Crippen molar-refractivity contribution in [2.75, 3.05) is 32.8 Å². The average Bonchev–Trinajstić information content (AvgIpc) is 2.91. The maximum absolute atomic E-state index is 11.8. The van der Waals surface area contributed by atoms with Crippen LogP contribution in [0.25, 0.3) is 0 Å². The zero-order valence-corrected chi connectivity index (χ0v) is 10.5. The number of carboxylic acids is 1. The Morgan fingerprint density at radius 1 is 1.22 bits per heavy atom. The van der Waals surface area contributed by atoms with Crippen molar-refractivity contribution in [3.05, 3.63) is 0 Å². The normalized spacial score (nSPS) is 22.8. The quantitative estimate of drug-likeness (QED) is 0.778. The number of hydrogen-bond acceptors (Lipinski definition) is 3. The highest BCUT2D eigenvalue weighted by Gasteiger charge is 2.40. The Morgan fingerprint density at radius 3 is 2.39 bits per heavy atom. The Hall–Kier alpha value is -1.30. The van der Waals surface area contributed by atoms with E-state index in [0.29, 0.717) is 26.1 Å². The van der Waals surface area contributed by atoms with Gasteiger partial charge in [-0.25, -0.2) is 4.79 Å². The topological polar surface area (TPSA) is 78.9 Å². The van der Waals surface area contributed by atoms with Crippen LogP contribution in [0.15, 0.2) is 0 Å². The average molecular weight is 256 g/mol. The van der Waals surface area contributed by atoms with Crippen LogP contribution in [0, 0.1) is 5.41 Å². The highest BCUT2D eigenvalue weighted by atomic mass is 16.5. The van der Waals surface area contributed by atoms with Crippen molar-refractivity contribution < 1.29 is 19.4 Å². The van der Waals surface area contributed by atoms with E-state index in [1.807, 2.05) is 0 Å². The van der Waals surface area contributed by atoms with Gasteiger partial charge in [0.1, 0.15) is 0 Å². The van der Waals surface area contributed by atoms with Gasteiger partial charge < -0.3 is 20.1 Å². The summed E-state index contributed by atoms with van der Waals surface area (Å²) in [6, 6.07) is -0.139. The van der Waals surface area contributed by atoms with Crippen molar-refractivity contribution in [2.24, 2.45) is 5.41 Å². The van der Waals surface area contributed by atoms with E-state index >= 15 is 0 Å². The summed E-state index contributed by atoms with van der Waals surface area (Å²) in [4.78, 5) is 25.0. The summed E-state index contributed by atoms with van der Waals surface area (Å²) in [6.07, 6.45) is 2.99. The van der Waals surface area contributed by atoms with Gasteiger partial charge in [-0.05, 0) is 25.7 Å². The van der Waals surface area contributed by atoms with E-state index in [9.17, 15) is 14.7 Å². The van der Waals surface area contributed by atoms with Gasteiger partial charge in [0.25, 0.3) is 0 Å². The third kappa shape index (κ3) is 2.75. The monoisotopic (exact) mass is 256 g/mol. The zero-order valence-electron chi connectivity index (χ0n) is 10.5. The molecular weight excluding hydrogens is 236 g/mol. The number of urea groups is 1. The summed E-state index contributed by atoms with van der Waals surface area (Å²) in [6.45, 7) is 2.64. The molecule has 18 heavy (non-hydrogen) atoms. The molecule has 2 amide bonds. The van der Waals surface area contributed by atoms with Crippen LogP contribution in [-0.4, -0.2) is 54.9 Å². The number of rotatable bonds is 3. The van der Waals surface area contributed by atoms with Crippen molar-refractivity contribution in [1.29, 1.82) is 0 Å². The van der Waals surface area contributed by atoms with E-state index in [-0.39, 0.29) is 12.6 Å². The molecule has 6 nitrogen and oxygen atoms in total. The third-order valence-electron chi connectivity index (χ3n) is 3.87. The molecule has 6 heteroatoms. The van der Waals surface area contributed by atoms with Crippen LogP contribution < -0.4 is 5.32 Å². The van der Waals surface area contributed by atoms with E-state index < -0.39 is 11.4 Å². The second kappa shape index (κ2) is 5.56. The first-order valence-corrected chi connectivity index (χ1v) is 6.48. The minimum absolute atomic E-state index is 0.139. The Bertz CT molecular complexity index is 320. The van der Waals surface area contributed by atoms with Crippen molar-refractivity contribution in [2.45, 2.75) is 25.7 Å². The lowest BCUT2D eigenvalue weighted by Gasteiger charge is -2.33. The van der Waals surface area contributed by atoms with Crippen LogP contribution in [-0.2, 0) is 9.53 Å². The number of likely N-dealkylation sites (tertiary alicyclic amines) is 1. The first-order valence-electron chi connectivity index (χ1n) is 6.48. The van der Waals surface area contributed by atoms with Gasteiger partial charge in [-0.2, -0.15) is 0 Å². The smallest absolute Gasteiger partial charge is 0.317 e. The number of carboxylic acid groups (broad SMARTS) is 1. The number of carbonyl (C=O) groups excluding carboxylic acids is 1. The number of nitrogens with one attached hydrogen (secondary N) is 1. The van der Waals surface area contributed by atoms with Gasteiger partial charge in [0.15, 0.2) is 0 Å². The lowest BCUT2D eigenvalue weighted by atomic mass is 9.80. The second-order valence-corrected chi connectivity index (χ2v) is 5.05. The minimum atomic E-state index is -0.854. The fraction of sp³-hybridized carbons (Fsp3) is 0.833. The molecule has 2 saturated heterocycles. The van der Waals surface area contributed by atoms with E-state index in [2.05, 4.69) is 5.32 Å². The van der Waals surface area contributed by atoms with Gasteiger partial charge in [-0.3, -0.25) is 4.79 Å². The van der Waals surface area contributed by atoms with Gasteiger partial charge in [0, 0.05) is 32.8 Å². The molecular formula is C12H20N2O4. The van der Waals surface area contributed by atoms with E-state index in [1.54, 1.807) is 4.90 Å². The Balaban J connectivity index is 1.89. The maximum Gasteiger partial charge on any atom is 0.317 e. The molecule has 0 aliphatic carbocycles. The number of amides is 2. The molecule has 0 aromatic heterocycles. The molecule has 2 fully saturated rings. The fourth-order valence-electron chi connectivity index (χ4n) is 2.51. The van der Waals surface area contributed by atoms with E-state index in [4.69, 9.17) is 4.74 Å². The summed E-state index contributed by atoms with van der Waals surface area (Å²) in [5.41, 5.74) is -0.854.